The zero-order chi connectivity index (χ0) is 12.3. The van der Waals surface area contributed by atoms with E-state index in [4.69, 9.17) is 0 Å². The molecule has 18 heavy (non-hydrogen) atoms. The summed E-state index contributed by atoms with van der Waals surface area (Å²) in [5, 5.41) is 3.55. The number of benzene rings is 1. The minimum atomic E-state index is 0.606. The Hall–Kier alpha value is -0.860. The van der Waals surface area contributed by atoms with Crippen molar-refractivity contribution in [1.82, 2.24) is 10.2 Å². The minimum absolute atomic E-state index is 0.606. The molecule has 0 aliphatic carbocycles. The van der Waals surface area contributed by atoms with E-state index in [-0.39, 0.29) is 0 Å². The zero-order valence-corrected chi connectivity index (χ0v) is 11.2. The molecule has 2 heterocycles. The van der Waals surface area contributed by atoms with Gasteiger partial charge in [-0.2, -0.15) is 0 Å². The average Bonchev–Trinajstić information content (AvgIpc) is 2.86. The van der Waals surface area contributed by atoms with Crippen LogP contribution in [0.5, 0.6) is 0 Å². The second-order valence-corrected chi connectivity index (χ2v) is 6.04. The van der Waals surface area contributed by atoms with Gasteiger partial charge in [0.15, 0.2) is 0 Å². The Labute approximate surface area is 110 Å². The quantitative estimate of drug-likeness (QED) is 0.878. The van der Waals surface area contributed by atoms with Crippen molar-refractivity contribution in [3.63, 3.8) is 0 Å². The Morgan fingerprint density at radius 1 is 1.17 bits per heavy atom. The molecule has 1 aromatic rings. The summed E-state index contributed by atoms with van der Waals surface area (Å²) in [5.41, 5.74) is 2.08. The van der Waals surface area contributed by atoms with Crippen LogP contribution in [0.15, 0.2) is 30.3 Å². The van der Waals surface area contributed by atoms with Crippen molar-refractivity contribution in [2.75, 3.05) is 32.7 Å². The molecule has 98 valence electrons. The molecule has 1 aromatic carbocycles. The van der Waals surface area contributed by atoms with Gasteiger partial charge in [-0.25, -0.2) is 0 Å². The molecule has 2 fully saturated rings. The first kappa shape index (κ1) is 12.2. The van der Waals surface area contributed by atoms with Gasteiger partial charge in [-0.1, -0.05) is 30.3 Å². The van der Waals surface area contributed by atoms with Crippen molar-refractivity contribution < 1.29 is 0 Å². The molecular weight excluding hydrogens is 220 g/mol. The second kappa shape index (κ2) is 5.41. The lowest BCUT2D eigenvalue weighted by atomic mass is 9.79. The van der Waals surface area contributed by atoms with Crippen LogP contribution < -0.4 is 5.32 Å². The van der Waals surface area contributed by atoms with E-state index in [1.165, 1.54) is 64.0 Å². The molecule has 2 aliphatic heterocycles. The van der Waals surface area contributed by atoms with Gasteiger partial charge in [0.25, 0.3) is 0 Å². The van der Waals surface area contributed by atoms with E-state index < -0.39 is 0 Å². The molecule has 0 aromatic heterocycles. The fourth-order valence-corrected chi connectivity index (χ4v) is 3.58. The maximum absolute atomic E-state index is 3.55. The van der Waals surface area contributed by atoms with Gasteiger partial charge in [0.05, 0.1) is 0 Å². The zero-order valence-electron chi connectivity index (χ0n) is 11.2. The van der Waals surface area contributed by atoms with E-state index in [2.05, 4.69) is 40.5 Å². The summed E-state index contributed by atoms with van der Waals surface area (Å²) in [6.07, 6.45) is 5.40. The van der Waals surface area contributed by atoms with Crippen molar-refractivity contribution in [2.45, 2.75) is 25.7 Å². The Kier molecular flexibility index (Phi) is 3.67. The lowest BCUT2D eigenvalue weighted by Gasteiger charge is -2.40. The van der Waals surface area contributed by atoms with Crippen LogP contribution in [-0.4, -0.2) is 37.6 Å². The smallest absolute Gasteiger partial charge is 0.00508 e. The van der Waals surface area contributed by atoms with E-state index in [1.807, 2.05) is 0 Å². The molecule has 0 saturated carbocycles. The third-order valence-corrected chi connectivity index (χ3v) is 4.63. The molecule has 1 atom stereocenters. The van der Waals surface area contributed by atoms with Crippen molar-refractivity contribution in [1.29, 1.82) is 0 Å². The molecule has 1 unspecified atom stereocenters. The van der Waals surface area contributed by atoms with Gasteiger partial charge >= 0.3 is 0 Å². The molecule has 0 amide bonds. The number of rotatable bonds is 3. The molecule has 1 N–H and O–H groups in total. The summed E-state index contributed by atoms with van der Waals surface area (Å²) in [4.78, 5) is 2.68. The summed E-state index contributed by atoms with van der Waals surface area (Å²) < 4.78 is 0. The monoisotopic (exact) mass is 244 g/mol. The van der Waals surface area contributed by atoms with Gasteiger partial charge in [-0.15, -0.1) is 0 Å². The van der Waals surface area contributed by atoms with Crippen molar-refractivity contribution in [3.8, 4) is 0 Å². The highest BCUT2D eigenvalue weighted by Crippen LogP contribution is 2.35. The Morgan fingerprint density at radius 2 is 2.06 bits per heavy atom. The summed E-state index contributed by atoms with van der Waals surface area (Å²) in [7, 11) is 0. The van der Waals surface area contributed by atoms with E-state index in [0.717, 1.165) is 0 Å². The summed E-state index contributed by atoms with van der Waals surface area (Å²) in [5.74, 6) is 0. The summed E-state index contributed by atoms with van der Waals surface area (Å²) in [6, 6.07) is 10.9. The first-order valence-corrected chi connectivity index (χ1v) is 7.33. The molecule has 2 nitrogen and oxygen atoms in total. The van der Waals surface area contributed by atoms with Crippen LogP contribution in [0.2, 0.25) is 0 Å². The van der Waals surface area contributed by atoms with E-state index >= 15 is 0 Å². The second-order valence-electron chi connectivity index (χ2n) is 6.04. The molecule has 2 saturated heterocycles. The van der Waals surface area contributed by atoms with E-state index in [0.29, 0.717) is 5.41 Å². The van der Waals surface area contributed by atoms with Crippen LogP contribution in [0.1, 0.15) is 24.8 Å². The maximum Gasteiger partial charge on any atom is 0.00508 e. The fraction of sp³-hybridized carbons (Fsp3) is 0.625. The van der Waals surface area contributed by atoms with Crippen LogP contribution in [0.25, 0.3) is 0 Å². The summed E-state index contributed by atoms with van der Waals surface area (Å²) >= 11 is 0. The SMILES string of the molecule is c1ccc(CCN2CCCC3(CCNC3)C2)cc1. The highest BCUT2D eigenvalue weighted by atomic mass is 15.1. The van der Waals surface area contributed by atoms with Crippen molar-refractivity contribution in [3.05, 3.63) is 35.9 Å². The first-order valence-electron chi connectivity index (χ1n) is 7.33. The maximum atomic E-state index is 3.55. The number of nitrogens with one attached hydrogen (secondary N) is 1. The highest BCUT2D eigenvalue weighted by Gasteiger charge is 2.37. The normalized spacial score (nSPS) is 28.9. The van der Waals surface area contributed by atoms with Crippen molar-refractivity contribution >= 4 is 0 Å². The van der Waals surface area contributed by atoms with E-state index in [1.54, 1.807) is 0 Å². The van der Waals surface area contributed by atoms with Gasteiger partial charge in [0.2, 0.25) is 0 Å². The molecule has 2 aliphatic rings. The molecular formula is C16H24N2. The van der Waals surface area contributed by atoms with Gasteiger partial charge in [-0.05, 0) is 49.8 Å². The molecule has 1 spiro atoms. The lowest BCUT2D eigenvalue weighted by Crippen LogP contribution is -2.45. The van der Waals surface area contributed by atoms with Crippen LogP contribution in [0, 0.1) is 5.41 Å². The number of nitrogens with zero attached hydrogens (tertiary/aromatic N) is 1. The standard InChI is InChI=1S/C16H24N2/c1-2-5-15(6-3-1)7-12-18-11-4-8-16(14-18)9-10-17-13-16/h1-3,5-6,17H,4,7-14H2. The van der Waals surface area contributed by atoms with Gasteiger partial charge < -0.3 is 10.2 Å². The molecule has 2 heteroatoms. The van der Waals surface area contributed by atoms with Gasteiger partial charge in [0, 0.05) is 19.6 Å². The Morgan fingerprint density at radius 3 is 2.83 bits per heavy atom. The van der Waals surface area contributed by atoms with Crippen LogP contribution in [-0.2, 0) is 6.42 Å². The number of hydrogen-bond acceptors (Lipinski definition) is 2. The lowest BCUT2D eigenvalue weighted by molar-refractivity contribution is 0.105. The average molecular weight is 244 g/mol. The first-order chi connectivity index (χ1) is 8.86. The minimum Gasteiger partial charge on any atom is -0.316 e. The highest BCUT2D eigenvalue weighted by molar-refractivity contribution is 5.15. The topological polar surface area (TPSA) is 15.3 Å². The van der Waals surface area contributed by atoms with Crippen LogP contribution in [0.4, 0.5) is 0 Å². The van der Waals surface area contributed by atoms with Gasteiger partial charge in [0.1, 0.15) is 0 Å². The Balaban J connectivity index is 1.54. The molecule has 0 radical (unpaired) electrons. The van der Waals surface area contributed by atoms with Crippen LogP contribution >= 0.6 is 0 Å². The molecule has 3 rings (SSSR count). The summed E-state index contributed by atoms with van der Waals surface area (Å²) in [6.45, 7) is 6.31. The van der Waals surface area contributed by atoms with Crippen molar-refractivity contribution in [2.24, 2.45) is 5.41 Å². The third-order valence-electron chi connectivity index (χ3n) is 4.63. The number of piperidine rings is 1. The fourth-order valence-electron chi connectivity index (χ4n) is 3.58. The number of hydrogen-bond donors (Lipinski definition) is 1. The largest absolute Gasteiger partial charge is 0.316 e. The van der Waals surface area contributed by atoms with E-state index in [9.17, 15) is 0 Å². The predicted octanol–water partition coefficient (Wildman–Crippen LogP) is 2.30. The Bertz CT molecular complexity index is 368. The van der Waals surface area contributed by atoms with Crippen LogP contribution in [0.3, 0.4) is 0 Å². The molecule has 0 bridgehead atoms. The van der Waals surface area contributed by atoms with Gasteiger partial charge in [-0.3, -0.25) is 0 Å². The number of likely N-dealkylation sites (tertiary alicyclic amines) is 1. The predicted molar refractivity (Wildman–Crippen MR) is 75.7 cm³/mol. The third kappa shape index (κ3) is 2.76.